The molecule has 0 unspecified atom stereocenters. The van der Waals surface area contributed by atoms with Gasteiger partial charge in [0.15, 0.2) is 5.82 Å². The van der Waals surface area contributed by atoms with Crippen molar-refractivity contribution < 1.29 is 14.7 Å². The van der Waals surface area contributed by atoms with Crippen molar-refractivity contribution in [1.82, 2.24) is 20.1 Å². The van der Waals surface area contributed by atoms with Gasteiger partial charge in [0.05, 0.1) is 11.4 Å². The molecule has 2 aromatic rings. The predicted octanol–water partition coefficient (Wildman–Crippen LogP) is 3.81. The van der Waals surface area contributed by atoms with Crippen LogP contribution in [-0.4, -0.2) is 48.8 Å². The van der Waals surface area contributed by atoms with Gasteiger partial charge in [-0.25, -0.2) is 4.79 Å². The number of nitrogens with zero attached hydrogens (tertiary/aromatic N) is 3. The van der Waals surface area contributed by atoms with Crippen molar-refractivity contribution >= 4 is 29.4 Å². The number of aromatic nitrogens is 3. The minimum absolute atomic E-state index is 0.0299. The summed E-state index contributed by atoms with van der Waals surface area (Å²) in [5.41, 5.74) is 1.36. The van der Waals surface area contributed by atoms with Crippen molar-refractivity contribution in [3.8, 4) is 0 Å². The van der Waals surface area contributed by atoms with Crippen LogP contribution < -0.4 is 5.32 Å². The lowest BCUT2D eigenvalue weighted by molar-refractivity contribution is -0.115. The van der Waals surface area contributed by atoms with Crippen molar-refractivity contribution in [2.75, 3.05) is 5.32 Å². The average molecular weight is 418 g/mol. The quantitative estimate of drug-likeness (QED) is 0.661. The minimum Gasteiger partial charge on any atom is -0.465 e. The van der Waals surface area contributed by atoms with Gasteiger partial charge < -0.3 is 10.4 Å². The first-order chi connectivity index (χ1) is 13.8. The number of nitrogens with one attached hydrogen (secondary N) is 2. The van der Waals surface area contributed by atoms with Gasteiger partial charge in [0.25, 0.3) is 0 Å². The van der Waals surface area contributed by atoms with Crippen LogP contribution in [0.4, 0.5) is 10.6 Å². The Hall–Kier alpha value is -2.61. The number of anilines is 1. The van der Waals surface area contributed by atoms with E-state index in [9.17, 15) is 14.7 Å². The Morgan fingerprint density at radius 3 is 2.83 bits per heavy atom. The summed E-state index contributed by atoms with van der Waals surface area (Å²) in [6, 6.07) is 5.28. The van der Waals surface area contributed by atoms with Crippen LogP contribution in [0.5, 0.6) is 0 Å². The number of hydrogen-bond acceptors (Lipinski definition) is 4. The van der Waals surface area contributed by atoms with Gasteiger partial charge in [-0.15, -0.1) is 0 Å². The van der Waals surface area contributed by atoms with E-state index in [1.807, 2.05) is 13.0 Å². The standard InChI is InChI=1S/C20H24ClN5O3/c1-20(6-7-20)26(19(28)29)15-5-2-12(8-15)16-10-17(25-24-16)23-18(27)9-14-4-3-13(21)11-22-14/h3-4,10-12,15H,2,5-9H2,1H3,(H,28,29)(H2,23,24,25,27)/t12-,15+/m0/s1. The van der Waals surface area contributed by atoms with E-state index >= 15 is 0 Å². The number of carboxylic acid groups (broad SMARTS) is 1. The zero-order chi connectivity index (χ0) is 20.6. The SMILES string of the molecule is CC1(N(C(=O)O)[C@@H]2CC[C@H](c3cc(NC(=O)Cc4ccc(Cl)cn4)n[nH]3)C2)CC1. The number of carbonyl (C=O) groups excluding carboxylic acids is 1. The first-order valence-corrected chi connectivity index (χ1v) is 10.2. The molecular weight excluding hydrogens is 394 g/mol. The summed E-state index contributed by atoms with van der Waals surface area (Å²) in [6.45, 7) is 2.02. The van der Waals surface area contributed by atoms with Crippen LogP contribution in [0.3, 0.4) is 0 Å². The van der Waals surface area contributed by atoms with E-state index in [0.29, 0.717) is 16.5 Å². The Labute approximate surface area is 173 Å². The highest BCUT2D eigenvalue weighted by Crippen LogP contribution is 2.47. The van der Waals surface area contributed by atoms with E-state index in [2.05, 4.69) is 20.5 Å². The molecule has 154 valence electrons. The molecule has 9 heteroatoms. The van der Waals surface area contributed by atoms with Crippen molar-refractivity contribution in [3.05, 3.63) is 40.8 Å². The normalized spacial score (nSPS) is 22.3. The lowest BCUT2D eigenvalue weighted by atomic mass is 10.0. The second-order valence-corrected chi connectivity index (χ2v) is 8.65. The molecule has 2 aromatic heterocycles. The number of carbonyl (C=O) groups is 2. The molecule has 2 aliphatic rings. The van der Waals surface area contributed by atoms with Gasteiger partial charge in [0, 0.05) is 41.1 Å². The van der Waals surface area contributed by atoms with E-state index in [4.69, 9.17) is 11.6 Å². The van der Waals surface area contributed by atoms with Crippen LogP contribution in [0, 0.1) is 0 Å². The molecule has 0 radical (unpaired) electrons. The number of rotatable bonds is 6. The maximum atomic E-state index is 12.2. The third kappa shape index (κ3) is 4.37. The summed E-state index contributed by atoms with van der Waals surface area (Å²) in [5, 5.41) is 20.2. The largest absolute Gasteiger partial charge is 0.465 e. The lowest BCUT2D eigenvalue weighted by Crippen LogP contribution is -2.45. The Balaban J connectivity index is 1.35. The molecule has 0 saturated heterocycles. The second-order valence-electron chi connectivity index (χ2n) is 8.21. The molecule has 2 heterocycles. The number of pyridine rings is 1. The molecule has 2 aliphatic carbocycles. The number of H-pyrrole nitrogens is 1. The molecule has 2 saturated carbocycles. The molecule has 0 aromatic carbocycles. The molecule has 8 nitrogen and oxygen atoms in total. The number of halogens is 1. The van der Waals surface area contributed by atoms with Crippen LogP contribution in [-0.2, 0) is 11.2 Å². The Morgan fingerprint density at radius 1 is 1.38 bits per heavy atom. The van der Waals surface area contributed by atoms with Crippen LogP contribution >= 0.6 is 11.6 Å². The highest BCUT2D eigenvalue weighted by Gasteiger charge is 2.50. The van der Waals surface area contributed by atoms with Crippen molar-refractivity contribution in [2.45, 2.75) is 62.9 Å². The van der Waals surface area contributed by atoms with Gasteiger partial charge in [0.1, 0.15) is 0 Å². The van der Waals surface area contributed by atoms with E-state index in [1.165, 1.54) is 6.20 Å². The lowest BCUT2D eigenvalue weighted by Gasteiger charge is -2.32. The smallest absolute Gasteiger partial charge is 0.408 e. The number of amides is 2. The molecule has 2 atom stereocenters. The third-order valence-electron chi connectivity index (χ3n) is 5.97. The van der Waals surface area contributed by atoms with Crippen LogP contribution in [0.25, 0.3) is 0 Å². The summed E-state index contributed by atoms with van der Waals surface area (Å²) in [4.78, 5) is 29.8. The topological polar surface area (TPSA) is 111 Å². The summed E-state index contributed by atoms with van der Waals surface area (Å²) < 4.78 is 0. The predicted molar refractivity (Wildman–Crippen MR) is 108 cm³/mol. The Kier molecular flexibility index (Phi) is 5.21. The first kappa shape index (κ1) is 19.7. The molecular formula is C20H24ClN5O3. The van der Waals surface area contributed by atoms with E-state index in [-0.39, 0.29) is 29.8 Å². The number of hydrogen-bond donors (Lipinski definition) is 3. The summed E-state index contributed by atoms with van der Waals surface area (Å²) in [7, 11) is 0. The zero-order valence-electron chi connectivity index (χ0n) is 16.2. The summed E-state index contributed by atoms with van der Waals surface area (Å²) in [6.07, 6.45) is 5.19. The fourth-order valence-electron chi connectivity index (χ4n) is 4.20. The maximum Gasteiger partial charge on any atom is 0.408 e. The molecule has 3 N–H and O–H groups in total. The highest BCUT2D eigenvalue weighted by molar-refractivity contribution is 6.30. The molecule has 2 amide bonds. The zero-order valence-corrected chi connectivity index (χ0v) is 16.9. The van der Waals surface area contributed by atoms with Crippen LogP contribution in [0.2, 0.25) is 5.02 Å². The molecule has 2 fully saturated rings. The van der Waals surface area contributed by atoms with E-state index in [1.54, 1.807) is 17.0 Å². The van der Waals surface area contributed by atoms with Gasteiger partial charge in [-0.2, -0.15) is 5.10 Å². The highest BCUT2D eigenvalue weighted by atomic mass is 35.5. The monoisotopic (exact) mass is 417 g/mol. The van der Waals surface area contributed by atoms with Crippen molar-refractivity contribution in [2.24, 2.45) is 0 Å². The minimum atomic E-state index is -0.830. The Bertz CT molecular complexity index is 909. The first-order valence-electron chi connectivity index (χ1n) is 9.82. The molecule has 4 rings (SSSR count). The number of aromatic amines is 1. The molecule has 0 aliphatic heterocycles. The van der Waals surface area contributed by atoms with E-state index in [0.717, 1.165) is 37.8 Å². The van der Waals surface area contributed by atoms with Crippen molar-refractivity contribution in [3.63, 3.8) is 0 Å². The van der Waals surface area contributed by atoms with E-state index < -0.39 is 6.09 Å². The van der Waals surface area contributed by atoms with Gasteiger partial charge >= 0.3 is 6.09 Å². The average Bonchev–Trinajstić information content (AvgIpc) is 3.07. The Morgan fingerprint density at radius 2 is 2.17 bits per heavy atom. The van der Waals surface area contributed by atoms with Gasteiger partial charge in [-0.05, 0) is 51.2 Å². The third-order valence-corrected chi connectivity index (χ3v) is 6.19. The maximum absolute atomic E-state index is 12.2. The summed E-state index contributed by atoms with van der Waals surface area (Å²) >= 11 is 5.81. The van der Waals surface area contributed by atoms with Crippen LogP contribution in [0.15, 0.2) is 24.4 Å². The fourth-order valence-corrected chi connectivity index (χ4v) is 4.31. The van der Waals surface area contributed by atoms with Gasteiger partial charge in [-0.1, -0.05) is 11.6 Å². The molecule has 29 heavy (non-hydrogen) atoms. The molecule has 0 spiro atoms. The van der Waals surface area contributed by atoms with Gasteiger partial charge in [0.2, 0.25) is 5.91 Å². The van der Waals surface area contributed by atoms with Gasteiger partial charge in [-0.3, -0.25) is 19.8 Å². The second kappa shape index (κ2) is 7.67. The van der Waals surface area contributed by atoms with Crippen LogP contribution in [0.1, 0.15) is 56.3 Å². The summed E-state index contributed by atoms with van der Waals surface area (Å²) in [5.74, 6) is 0.466. The fraction of sp³-hybridized carbons (Fsp3) is 0.500. The van der Waals surface area contributed by atoms with Crippen molar-refractivity contribution in [1.29, 1.82) is 0 Å². The molecule has 0 bridgehead atoms.